The van der Waals surface area contributed by atoms with Crippen LogP contribution in [0, 0.1) is 13.8 Å². The molecule has 6 nitrogen and oxygen atoms in total. The van der Waals surface area contributed by atoms with Crippen LogP contribution in [0.5, 0.6) is 0 Å². The number of rotatable bonds is 3. The number of amidine groups is 1. The van der Waals surface area contributed by atoms with E-state index in [-0.39, 0.29) is 30.1 Å². The summed E-state index contributed by atoms with van der Waals surface area (Å²) in [5, 5.41) is 13.5. The summed E-state index contributed by atoms with van der Waals surface area (Å²) in [7, 11) is 0. The van der Waals surface area contributed by atoms with Crippen molar-refractivity contribution < 1.29 is 28.5 Å². The number of fused-ring (bicyclic) bond motifs is 2. The molecule has 0 fully saturated rings. The Morgan fingerprint density at radius 2 is 1.72 bits per heavy atom. The second-order valence-corrected chi connectivity index (χ2v) is 8.27. The number of halogens is 1. The van der Waals surface area contributed by atoms with Crippen LogP contribution in [-0.2, 0) is 6.54 Å². The third kappa shape index (κ3) is 3.59. The molecule has 8 heteroatoms. The summed E-state index contributed by atoms with van der Waals surface area (Å²) < 4.78 is 4.17. The van der Waals surface area contributed by atoms with E-state index in [9.17, 15) is 0 Å². The van der Waals surface area contributed by atoms with Crippen molar-refractivity contribution in [1.29, 1.82) is 0 Å². The van der Waals surface area contributed by atoms with Crippen molar-refractivity contribution in [1.82, 2.24) is 14.8 Å². The number of benzene rings is 2. The summed E-state index contributed by atoms with van der Waals surface area (Å²) in [6.45, 7) is 6.89. The zero-order valence-corrected chi connectivity index (χ0v) is 19.4. The molecule has 1 unspecified atom stereocenters. The van der Waals surface area contributed by atoms with Crippen LogP contribution in [0.3, 0.4) is 0 Å². The average Bonchev–Trinajstić information content (AvgIpc) is 3.21. The van der Waals surface area contributed by atoms with Crippen LogP contribution in [0.1, 0.15) is 35.6 Å². The molecule has 1 atom stereocenters. The van der Waals surface area contributed by atoms with E-state index in [1.807, 2.05) is 29.6 Å². The average molecular weight is 516 g/mol. The lowest BCUT2D eigenvalue weighted by molar-refractivity contribution is -0.682. The predicted octanol–water partition coefficient (Wildman–Crippen LogP) is 0.770. The number of nitrogens with zero attached hydrogens (tertiary/aromatic N) is 6. The second-order valence-electron chi connectivity index (χ2n) is 7.11. The Morgan fingerprint density at radius 3 is 2.45 bits per heavy atom. The van der Waals surface area contributed by atoms with Crippen molar-refractivity contribution >= 4 is 27.9 Å². The Morgan fingerprint density at radius 1 is 1.00 bits per heavy atom. The van der Waals surface area contributed by atoms with Crippen LogP contribution in [0.4, 0.5) is 5.95 Å². The summed E-state index contributed by atoms with van der Waals surface area (Å²) in [5.41, 5.74) is 3.61. The molecule has 3 heterocycles. The van der Waals surface area contributed by atoms with Gasteiger partial charge in [-0.15, -0.1) is 0 Å². The molecule has 5 rings (SSSR count). The van der Waals surface area contributed by atoms with Gasteiger partial charge in [-0.1, -0.05) is 69.8 Å². The zero-order valence-electron chi connectivity index (χ0n) is 16.5. The van der Waals surface area contributed by atoms with Gasteiger partial charge in [-0.05, 0) is 36.3 Å². The number of aromatic nitrogens is 3. The van der Waals surface area contributed by atoms with E-state index >= 15 is 0 Å². The largest absolute Gasteiger partial charge is 1.00 e. The van der Waals surface area contributed by atoms with Gasteiger partial charge in [-0.3, -0.25) is 0 Å². The van der Waals surface area contributed by atoms with E-state index in [1.54, 1.807) is 11.8 Å². The third-order valence-electron chi connectivity index (χ3n) is 4.99. The lowest BCUT2D eigenvalue weighted by Gasteiger charge is -2.25. The molecule has 148 valence electrons. The van der Waals surface area contributed by atoms with Crippen LogP contribution >= 0.6 is 11.8 Å². The standard InChI is InChI=1S/C21H21N6S.HI/c1-14-9-11-18(12-10-14)19-26-20(22-21-27(19)24-16(3)28-21)25(15(2)23-26)13-17-7-5-4-6-8-17;/h4-12,19H,13H2,1-3H3;1H/q+1;/p-1. The molecule has 29 heavy (non-hydrogen) atoms. The number of aryl methyl sites for hydroxylation is 2. The highest BCUT2D eigenvalue weighted by atomic mass is 127. The maximum Gasteiger partial charge on any atom is 0.387 e. The molecule has 2 aromatic carbocycles. The van der Waals surface area contributed by atoms with Crippen molar-refractivity contribution in [2.24, 2.45) is 10.1 Å². The van der Waals surface area contributed by atoms with E-state index in [0.29, 0.717) is 0 Å². The Kier molecular flexibility index (Phi) is 5.48. The molecule has 1 aromatic heterocycles. The molecule has 0 saturated heterocycles. The highest BCUT2D eigenvalue weighted by Gasteiger charge is 2.43. The van der Waals surface area contributed by atoms with Gasteiger partial charge in [-0.25, -0.2) is 4.57 Å². The fraction of sp³-hybridized carbons (Fsp3) is 0.238. The summed E-state index contributed by atoms with van der Waals surface area (Å²) >= 11 is 1.61. The smallest absolute Gasteiger partial charge is 0.387 e. The van der Waals surface area contributed by atoms with Crippen molar-refractivity contribution in [3.63, 3.8) is 0 Å². The van der Waals surface area contributed by atoms with Crippen LogP contribution in [0.15, 0.2) is 64.7 Å². The molecule has 0 N–H and O–H groups in total. The van der Waals surface area contributed by atoms with E-state index in [4.69, 9.17) is 15.2 Å². The summed E-state index contributed by atoms with van der Waals surface area (Å²) in [6, 6.07) is 19.0. The van der Waals surface area contributed by atoms with E-state index in [1.165, 1.54) is 11.1 Å². The van der Waals surface area contributed by atoms with Crippen molar-refractivity contribution in [2.45, 2.75) is 33.5 Å². The number of hydrazone groups is 1. The summed E-state index contributed by atoms with van der Waals surface area (Å²) in [6.07, 6.45) is -0.135. The second kappa shape index (κ2) is 7.91. The molecule has 2 aliphatic heterocycles. The predicted molar refractivity (Wildman–Crippen MR) is 112 cm³/mol. The van der Waals surface area contributed by atoms with E-state index < -0.39 is 0 Å². The number of aliphatic imine (C=N–C) groups is 1. The zero-order chi connectivity index (χ0) is 19.3. The fourth-order valence-corrected chi connectivity index (χ4v) is 4.34. The van der Waals surface area contributed by atoms with Gasteiger partial charge in [0.25, 0.3) is 5.17 Å². The molecule has 0 bridgehead atoms. The number of thioether (sulfide) groups is 1. The Bertz CT molecular complexity index is 1100. The number of hydrogen-bond donors (Lipinski definition) is 0. The highest BCUT2D eigenvalue weighted by molar-refractivity contribution is 8.26. The third-order valence-corrected chi connectivity index (χ3v) is 5.83. The van der Waals surface area contributed by atoms with Crippen LogP contribution in [-0.4, -0.2) is 25.0 Å². The van der Waals surface area contributed by atoms with Gasteiger partial charge in [0.15, 0.2) is 0 Å². The molecule has 3 aromatic rings. The van der Waals surface area contributed by atoms with Gasteiger partial charge in [0.05, 0.1) is 11.6 Å². The first-order chi connectivity index (χ1) is 13.6. The monoisotopic (exact) mass is 516 g/mol. The van der Waals surface area contributed by atoms with Crippen LogP contribution in [0.25, 0.3) is 0 Å². The maximum atomic E-state index is 4.92. The molecule has 0 spiro atoms. The molecule has 0 aliphatic carbocycles. The molecule has 0 saturated carbocycles. The van der Waals surface area contributed by atoms with E-state index in [2.05, 4.69) is 60.0 Å². The van der Waals surface area contributed by atoms with Crippen molar-refractivity contribution in [3.8, 4) is 0 Å². The quantitative estimate of drug-likeness (QED) is 0.382. The minimum absolute atomic E-state index is 0. The lowest BCUT2D eigenvalue weighted by Crippen LogP contribution is -3.00. The SMILES string of the molecule is CC1=NN2C(=Nc3n(nc(C)[n+]3Cc3ccccc3)C2c2ccc(C)cc2)S1.[I-]. The van der Waals surface area contributed by atoms with Gasteiger partial charge >= 0.3 is 5.95 Å². The molecular formula is C21H21IN6S. The number of hydrogen-bond acceptors (Lipinski definition) is 5. The van der Waals surface area contributed by atoms with Crippen LogP contribution in [0.2, 0.25) is 0 Å². The first kappa shape index (κ1) is 20.1. The Balaban J connectivity index is 0.00000205. The minimum atomic E-state index is -0.135. The Hall–Kier alpha value is -2.20. The topological polar surface area (TPSA) is 49.7 Å². The molecule has 2 aliphatic rings. The van der Waals surface area contributed by atoms with E-state index in [0.717, 1.165) is 34.1 Å². The molecular weight excluding hydrogens is 495 g/mol. The maximum absolute atomic E-state index is 4.92. The summed E-state index contributed by atoms with van der Waals surface area (Å²) in [4.78, 5) is 4.92. The highest BCUT2D eigenvalue weighted by Crippen LogP contribution is 2.37. The molecule has 0 amide bonds. The van der Waals surface area contributed by atoms with Gasteiger partial charge in [0.1, 0.15) is 0 Å². The van der Waals surface area contributed by atoms with Crippen LogP contribution < -0.4 is 28.5 Å². The van der Waals surface area contributed by atoms with Crippen molar-refractivity contribution in [3.05, 3.63) is 77.1 Å². The fourth-order valence-electron chi connectivity index (χ4n) is 3.59. The Labute approximate surface area is 191 Å². The summed E-state index contributed by atoms with van der Waals surface area (Å²) in [5.74, 6) is 1.79. The van der Waals surface area contributed by atoms with Gasteiger partial charge in [0, 0.05) is 12.5 Å². The van der Waals surface area contributed by atoms with Gasteiger partial charge in [-0.2, -0.15) is 10.1 Å². The molecule has 0 radical (unpaired) electrons. The normalized spacial score (nSPS) is 17.2. The lowest BCUT2D eigenvalue weighted by atomic mass is 10.1. The minimum Gasteiger partial charge on any atom is -1.00 e. The van der Waals surface area contributed by atoms with Gasteiger partial charge in [0.2, 0.25) is 12.0 Å². The first-order valence-electron chi connectivity index (χ1n) is 9.30. The first-order valence-corrected chi connectivity index (χ1v) is 10.1. The van der Waals surface area contributed by atoms with Crippen molar-refractivity contribution in [2.75, 3.05) is 0 Å². The van der Waals surface area contributed by atoms with Gasteiger partial charge < -0.3 is 24.0 Å².